The molecular formula is C15H29NO2. The van der Waals surface area contributed by atoms with Gasteiger partial charge in [-0.15, -0.1) is 0 Å². The quantitative estimate of drug-likeness (QED) is 0.764. The number of carboxylic acid groups (broad SMARTS) is 1. The van der Waals surface area contributed by atoms with Crippen LogP contribution in [0.25, 0.3) is 0 Å². The van der Waals surface area contributed by atoms with E-state index >= 15 is 0 Å². The van der Waals surface area contributed by atoms with Crippen LogP contribution in [0.4, 0.5) is 0 Å². The van der Waals surface area contributed by atoms with Crippen molar-refractivity contribution in [3.05, 3.63) is 0 Å². The lowest BCUT2D eigenvalue weighted by Gasteiger charge is -2.40. The van der Waals surface area contributed by atoms with Gasteiger partial charge in [0.05, 0.1) is 0 Å². The first-order chi connectivity index (χ1) is 8.39. The third kappa shape index (κ3) is 3.98. The average molecular weight is 255 g/mol. The van der Waals surface area contributed by atoms with Crippen molar-refractivity contribution >= 4 is 5.97 Å². The van der Waals surface area contributed by atoms with Crippen LogP contribution in [-0.2, 0) is 4.79 Å². The monoisotopic (exact) mass is 255 g/mol. The average Bonchev–Trinajstić information content (AvgIpc) is 2.28. The molecule has 0 aromatic carbocycles. The lowest BCUT2D eigenvalue weighted by molar-refractivity contribution is -0.147. The van der Waals surface area contributed by atoms with Gasteiger partial charge in [0.15, 0.2) is 0 Å². The van der Waals surface area contributed by atoms with Gasteiger partial charge in [0.25, 0.3) is 0 Å². The Morgan fingerprint density at radius 2 is 2.11 bits per heavy atom. The van der Waals surface area contributed by atoms with Crippen LogP contribution < -0.4 is 5.32 Å². The van der Waals surface area contributed by atoms with Crippen LogP contribution >= 0.6 is 0 Å². The second-order valence-electron chi connectivity index (χ2n) is 6.43. The van der Waals surface area contributed by atoms with Crippen LogP contribution in [0.3, 0.4) is 0 Å². The molecule has 3 atom stereocenters. The Bertz CT molecular complexity index is 278. The Labute approximate surface area is 111 Å². The van der Waals surface area contributed by atoms with Gasteiger partial charge in [0.1, 0.15) is 5.54 Å². The molecule has 18 heavy (non-hydrogen) atoms. The molecule has 3 heteroatoms. The highest BCUT2D eigenvalue weighted by Gasteiger charge is 2.43. The highest BCUT2D eigenvalue weighted by atomic mass is 16.4. The minimum absolute atomic E-state index is 0.277. The van der Waals surface area contributed by atoms with E-state index in [1.54, 1.807) is 0 Å². The molecule has 1 aliphatic rings. The zero-order chi connectivity index (χ0) is 13.8. The molecule has 1 aliphatic carbocycles. The molecule has 3 unspecified atom stereocenters. The van der Waals surface area contributed by atoms with Gasteiger partial charge in [0, 0.05) is 6.04 Å². The van der Waals surface area contributed by atoms with Crippen molar-refractivity contribution in [1.29, 1.82) is 0 Å². The van der Waals surface area contributed by atoms with Gasteiger partial charge in [-0.1, -0.05) is 33.6 Å². The fourth-order valence-electron chi connectivity index (χ4n) is 3.22. The first-order valence-corrected chi connectivity index (χ1v) is 7.40. The number of carboxylic acids is 1. The summed E-state index contributed by atoms with van der Waals surface area (Å²) in [4.78, 5) is 11.7. The minimum atomic E-state index is -0.673. The van der Waals surface area contributed by atoms with Gasteiger partial charge in [0.2, 0.25) is 0 Å². The van der Waals surface area contributed by atoms with Crippen LogP contribution in [-0.4, -0.2) is 22.7 Å². The normalized spacial score (nSPS) is 30.4. The zero-order valence-corrected chi connectivity index (χ0v) is 12.3. The van der Waals surface area contributed by atoms with Gasteiger partial charge in [-0.25, -0.2) is 0 Å². The lowest BCUT2D eigenvalue weighted by atomic mass is 9.72. The molecule has 2 N–H and O–H groups in total. The topological polar surface area (TPSA) is 49.3 Å². The highest BCUT2D eigenvalue weighted by molar-refractivity contribution is 5.79. The van der Waals surface area contributed by atoms with Gasteiger partial charge >= 0.3 is 5.97 Å². The van der Waals surface area contributed by atoms with Crippen LogP contribution in [0, 0.1) is 11.8 Å². The molecule has 0 heterocycles. The van der Waals surface area contributed by atoms with E-state index in [4.69, 9.17) is 0 Å². The fraction of sp³-hybridized carbons (Fsp3) is 0.933. The van der Waals surface area contributed by atoms with Crippen molar-refractivity contribution in [2.45, 2.75) is 77.8 Å². The van der Waals surface area contributed by atoms with Gasteiger partial charge in [-0.3, -0.25) is 10.1 Å². The number of nitrogens with one attached hydrogen (secondary N) is 1. The molecule has 0 spiro atoms. The highest BCUT2D eigenvalue weighted by Crippen LogP contribution is 2.36. The van der Waals surface area contributed by atoms with Crippen LogP contribution in [0.1, 0.15) is 66.2 Å². The second kappa shape index (κ2) is 6.55. The molecule has 1 saturated carbocycles. The number of rotatable bonds is 6. The Morgan fingerprint density at radius 1 is 1.44 bits per heavy atom. The summed E-state index contributed by atoms with van der Waals surface area (Å²) in [6, 6.07) is 0.277. The summed E-state index contributed by atoms with van der Waals surface area (Å²) >= 11 is 0. The maximum absolute atomic E-state index is 11.7. The fourth-order valence-corrected chi connectivity index (χ4v) is 3.22. The summed E-state index contributed by atoms with van der Waals surface area (Å²) in [5.41, 5.74) is -0.673. The molecule has 0 bridgehead atoms. The number of hydrogen-bond donors (Lipinski definition) is 2. The minimum Gasteiger partial charge on any atom is -0.480 e. The molecule has 1 fully saturated rings. The SMILES string of the molecule is CCC(C)NC1(C(=O)O)CCCC(CC(C)C)C1. The first kappa shape index (κ1) is 15.5. The zero-order valence-electron chi connectivity index (χ0n) is 12.3. The van der Waals surface area contributed by atoms with Crippen LogP contribution in [0.15, 0.2) is 0 Å². The molecular weight excluding hydrogens is 226 g/mol. The van der Waals surface area contributed by atoms with E-state index in [2.05, 4.69) is 33.0 Å². The number of hydrogen-bond acceptors (Lipinski definition) is 2. The predicted molar refractivity (Wildman–Crippen MR) is 74.7 cm³/mol. The number of aliphatic carboxylic acids is 1. The number of carbonyl (C=O) groups is 1. The van der Waals surface area contributed by atoms with E-state index in [1.807, 2.05) is 0 Å². The first-order valence-electron chi connectivity index (χ1n) is 7.40. The van der Waals surface area contributed by atoms with Crippen molar-refractivity contribution in [1.82, 2.24) is 5.32 Å². The van der Waals surface area contributed by atoms with Crippen LogP contribution in [0.2, 0.25) is 0 Å². The molecule has 0 aromatic rings. The molecule has 0 aromatic heterocycles. The summed E-state index contributed by atoms with van der Waals surface area (Å²) in [6.45, 7) is 8.62. The van der Waals surface area contributed by atoms with E-state index in [1.165, 1.54) is 6.42 Å². The molecule has 0 aliphatic heterocycles. The molecule has 1 rings (SSSR count). The largest absolute Gasteiger partial charge is 0.480 e. The van der Waals surface area contributed by atoms with Crippen molar-refractivity contribution in [2.24, 2.45) is 11.8 Å². The van der Waals surface area contributed by atoms with Gasteiger partial charge in [-0.05, 0) is 44.4 Å². The molecule has 0 amide bonds. The third-order valence-corrected chi connectivity index (χ3v) is 4.20. The predicted octanol–water partition coefficient (Wildman–Crippen LogP) is 3.43. The second-order valence-corrected chi connectivity index (χ2v) is 6.43. The smallest absolute Gasteiger partial charge is 0.323 e. The summed E-state index contributed by atoms with van der Waals surface area (Å²) in [5.74, 6) is 0.561. The summed E-state index contributed by atoms with van der Waals surface area (Å²) in [5, 5.41) is 13.0. The maximum Gasteiger partial charge on any atom is 0.323 e. The van der Waals surface area contributed by atoms with E-state index in [0.29, 0.717) is 11.8 Å². The Balaban J connectivity index is 2.74. The maximum atomic E-state index is 11.7. The lowest BCUT2D eigenvalue weighted by Crippen LogP contribution is -2.57. The third-order valence-electron chi connectivity index (χ3n) is 4.20. The Kier molecular flexibility index (Phi) is 5.64. The Morgan fingerprint density at radius 3 is 2.61 bits per heavy atom. The van der Waals surface area contributed by atoms with E-state index in [0.717, 1.165) is 32.1 Å². The molecule has 0 radical (unpaired) electrons. The van der Waals surface area contributed by atoms with Gasteiger partial charge in [-0.2, -0.15) is 0 Å². The summed E-state index contributed by atoms with van der Waals surface area (Å²) < 4.78 is 0. The van der Waals surface area contributed by atoms with Crippen molar-refractivity contribution in [3.8, 4) is 0 Å². The van der Waals surface area contributed by atoms with Gasteiger partial charge < -0.3 is 5.11 Å². The Hall–Kier alpha value is -0.570. The standard InChI is InChI=1S/C15H29NO2/c1-5-12(4)16-15(14(17)18)8-6-7-13(10-15)9-11(2)3/h11-13,16H,5-10H2,1-4H3,(H,17,18). The van der Waals surface area contributed by atoms with Crippen molar-refractivity contribution in [3.63, 3.8) is 0 Å². The molecule has 3 nitrogen and oxygen atoms in total. The molecule has 0 saturated heterocycles. The van der Waals surface area contributed by atoms with Crippen LogP contribution in [0.5, 0.6) is 0 Å². The van der Waals surface area contributed by atoms with E-state index in [9.17, 15) is 9.90 Å². The molecule has 106 valence electrons. The van der Waals surface area contributed by atoms with Crippen molar-refractivity contribution in [2.75, 3.05) is 0 Å². The van der Waals surface area contributed by atoms with Crippen molar-refractivity contribution < 1.29 is 9.90 Å². The summed E-state index contributed by atoms with van der Waals surface area (Å²) in [7, 11) is 0. The van der Waals surface area contributed by atoms with E-state index in [-0.39, 0.29) is 6.04 Å². The summed E-state index contributed by atoms with van der Waals surface area (Å²) in [6.07, 6.45) is 5.93. The van der Waals surface area contributed by atoms with E-state index < -0.39 is 11.5 Å².